The highest BCUT2D eigenvalue weighted by Crippen LogP contribution is 2.37. The van der Waals surface area contributed by atoms with Gasteiger partial charge in [0.25, 0.3) is 0 Å². The third kappa shape index (κ3) is 4.50. The summed E-state index contributed by atoms with van der Waals surface area (Å²) in [5.74, 6) is 0.0436. The molecule has 2 aliphatic rings. The lowest BCUT2D eigenvalue weighted by molar-refractivity contribution is -0.134. The summed E-state index contributed by atoms with van der Waals surface area (Å²) < 4.78 is 11.7. The molecule has 2 aliphatic heterocycles. The Morgan fingerprint density at radius 3 is 2.76 bits per heavy atom. The van der Waals surface area contributed by atoms with Crippen molar-refractivity contribution >= 4 is 39.5 Å². The first-order valence-electron chi connectivity index (χ1n) is 11.9. The molecule has 3 heterocycles. The van der Waals surface area contributed by atoms with Crippen LogP contribution in [0.4, 0.5) is 0 Å². The topological polar surface area (TPSA) is 101 Å². The Morgan fingerprint density at radius 1 is 1.18 bits per heavy atom. The number of carbonyl (C=O) groups excluding carboxylic acids is 3. The summed E-state index contributed by atoms with van der Waals surface area (Å²) in [5, 5.41) is 8.87. The minimum atomic E-state index is -0.395. The van der Waals surface area contributed by atoms with Crippen molar-refractivity contribution in [1.29, 1.82) is 0 Å². The normalized spacial score (nSPS) is 19.6. The number of nitrogens with zero attached hydrogens (tertiary/aromatic N) is 1. The summed E-state index contributed by atoms with van der Waals surface area (Å²) in [4.78, 5) is 37.3. The number of likely N-dealkylation sites (tertiary alicyclic amines) is 1. The molecule has 3 aromatic rings. The smallest absolute Gasteiger partial charge is 0.234 e. The molecular formula is C26H29N3O5. The van der Waals surface area contributed by atoms with E-state index in [1.807, 2.05) is 35.2 Å². The molecule has 2 saturated heterocycles. The molecule has 8 nitrogen and oxygen atoms in total. The molecular weight excluding hydrogens is 434 g/mol. The number of hydrogen-bond acceptors (Lipinski definition) is 6. The van der Waals surface area contributed by atoms with Gasteiger partial charge in [-0.05, 0) is 54.3 Å². The lowest BCUT2D eigenvalue weighted by Crippen LogP contribution is -2.45. The van der Waals surface area contributed by atoms with Gasteiger partial charge in [0.1, 0.15) is 17.9 Å². The first kappa shape index (κ1) is 22.4. The van der Waals surface area contributed by atoms with Crippen LogP contribution in [0, 0.1) is 0 Å². The van der Waals surface area contributed by atoms with Gasteiger partial charge in [0.15, 0.2) is 0 Å². The van der Waals surface area contributed by atoms with Crippen LogP contribution in [0.2, 0.25) is 0 Å². The van der Waals surface area contributed by atoms with E-state index in [2.05, 4.69) is 10.6 Å². The van der Waals surface area contributed by atoms with Crippen LogP contribution in [0.1, 0.15) is 44.1 Å². The van der Waals surface area contributed by atoms with Crippen LogP contribution in [-0.2, 0) is 14.4 Å². The van der Waals surface area contributed by atoms with Gasteiger partial charge in [0, 0.05) is 50.0 Å². The lowest BCUT2D eigenvalue weighted by atomic mass is 9.89. The molecule has 0 unspecified atom stereocenters. The maximum atomic E-state index is 12.4. The van der Waals surface area contributed by atoms with Crippen LogP contribution >= 0.6 is 0 Å². The van der Waals surface area contributed by atoms with Crippen molar-refractivity contribution in [2.75, 3.05) is 26.2 Å². The lowest BCUT2D eigenvalue weighted by Gasteiger charge is -2.31. The molecule has 0 spiro atoms. The van der Waals surface area contributed by atoms with Gasteiger partial charge in [-0.15, -0.1) is 0 Å². The number of hydrogen-bond donors (Lipinski definition) is 2. The Kier molecular flexibility index (Phi) is 6.24. The number of amides is 3. The van der Waals surface area contributed by atoms with Crippen LogP contribution in [0.3, 0.4) is 0 Å². The molecule has 8 heteroatoms. The summed E-state index contributed by atoms with van der Waals surface area (Å²) in [6.45, 7) is 4.53. The van der Waals surface area contributed by atoms with Crippen molar-refractivity contribution in [2.45, 2.75) is 44.6 Å². The molecule has 34 heavy (non-hydrogen) atoms. The monoisotopic (exact) mass is 463 g/mol. The number of furan rings is 1. The molecule has 0 radical (unpaired) electrons. The van der Waals surface area contributed by atoms with Crippen molar-refractivity contribution in [2.24, 2.45) is 0 Å². The Morgan fingerprint density at radius 2 is 2.00 bits per heavy atom. The molecule has 0 bridgehead atoms. The van der Waals surface area contributed by atoms with Gasteiger partial charge in [0.05, 0.1) is 12.2 Å². The predicted molar refractivity (Wildman–Crippen MR) is 128 cm³/mol. The third-order valence-electron chi connectivity index (χ3n) is 6.91. The van der Waals surface area contributed by atoms with Gasteiger partial charge in [-0.25, -0.2) is 0 Å². The minimum absolute atomic E-state index is 0.148. The van der Waals surface area contributed by atoms with Crippen LogP contribution in [-0.4, -0.2) is 54.9 Å². The molecule has 2 fully saturated rings. The number of piperidine rings is 2. The van der Waals surface area contributed by atoms with Crippen LogP contribution in [0.15, 0.2) is 41.0 Å². The zero-order valence-corrected chi connectivity index (χ0v) is 19.3. The summed E-state index contributed by atoms with van der Waals surface area (Å²) in [6.07, 6.45) is 4.38. The highest BCUT2D eigenvalue weighted by molar-refractivity contribution is 6.10. The maximum Gasteiger partial charge on any atom is 0.234 e. The van der Waals surface area contributed by atoms with Crippen LogP contribution in [0.5, 0.6) is 5.75 Å². The van der Waals surface area contributed by atoms with E-state index in [1.54, 1.807) is 13.2 Å². The van der Waals surface area contributed by atoms with E-state index in [0.717, 1.165) is 65.5 Å². The molecule has 3 amide bonds. The second-order valence-corrected chi connectivity index (χ2v) is 9.10. The van der Waals surface area contributed by atoms with Crippen molar-refractivity contribution < 1.29 is 23.5 Å². The van der Waals surface area contributed by atoms with Crippen LogP contribution in [0.25, 0.3) is 21.7 Å². The average molecular weight is 464 g/mol. The molecule has 2 aromatic carbocycles. The van der Waals surface area contributed by atoms with Gasteiger partial charge in [-0.3, -0.25) is 19.7 Å². The third-order valence-corrected chi connectivity index (χ3v) is 6.91. The molecule has 1 atom stereocenters. The van der Waals surface area contributed by atoms with Crippen molar-refractivity contribution in [3.63, 3.8) is 0 Å². The first-order valence-corrected chi connectivity index (χ1v) is 11.9. The van der Waals surface area contributed by atoms with Crippen molar-refractivity contribution in [1.82, 2.24) is 15.5 Å². The highest BCUT2D eigenvalue weighted by atomic mass is 16.5. The molecule has 178 valence electrons. The minimum Gasteiger partial charge on any atom is -0.492 e. The molecule has 0 aliphatic carbocycles. The standard InChI is InChI=1S/C26H29N3O5/c1-16(30)29-11-8-18(9-12-29)27-10-13-33-19-3-4-20-17(14-19)2-6-23-25(20)22(15-34-23)21-5-7-24(31)28-26(21)32/h2-4,6,14-15,18,21,27H,5,7-13H2,1H3,(H,28,31,32)/t21-/m0/s1. The van der Waals surface area contributed by atoms with Crippen molar-refractivity contribution in [3.05, 3.63) is 42.2 Å². The average Bonchev–Trinajstić information content (AvgIpc) is 3.26. The number of fused-ring (bicyclic) bond motifs is 3. The second kappa shape index (κ2) is 9.46. The number of benzene rings is 2. The van der Waals surface area contributed by atoms with Crippen molar-refractivity contribution in [3.8, 4) is 5.75 Å². The Hall–Kier alpha value is -3.39. The van der Waals surface area contributed by atoms with Gasteiger partial charge in [0.2, 0.25) is 17.7 Å². The highest BCUT2D eigenvalue weighted by Gasteiger charge is 2.31. The van der Waals surface area contributed by atoms with E-state index in [-0.39, 0.29) is 17.7 Å². The Labute approximate surface area is 197 Å². The van der Waals surface area contributed by atoms with E-state index < -0.39 is 5.92 Å². The SMILES string of the molecule is CC(=O)N1CCC(NCCOc2ccc3c(ccc4occ([C@@H]5CCC(=O)NC5=O)c43)c2)CC1. The van der Waals surface area contributed by atoms with E-state index in [4.69, 9.17) is 9.15 Å². The fourth-order valence-electron chi connectivity index (χ4n) is 5.04. The fraction of sp³-hybridized carbons (Fsp3) is 0.423. The summed E-state index contributed by atoms with van der Waals surface area (Å²) in [5.41, 5.74) is 1.54. The summed E-state index contributed by atoms with van der Waals surface area (Å²) in [7, 11) is 0. The van der Waals surface area contributed by atoms with E-state index in [0.29, 0.717) is 25.5 Å². The van der Waals surface area contributed by atoms with Gasteiger partial charge in [-0.1, -0.05) is 6.07 Å². The fourth-order valence-corrected chi connectivity index (χ4v) is 5.04. The molecule has 2 N–H and O–H groups in total. The van der Waals surface area contributed by atoms with Gasteiger partial charge >= 0.3 is 0 Å². The summed E-state index contributed by atoms with van der Waals surface area (Å²) in [6, 6.07) is 10.3. The second-order valence-electron chi connectivity index (χ2n) is 9.10. The Balaban J connectivity index is 1.24. The molecule has 1 aromatic heterocycles. The molecule has 0 saturated carbocycles. The van der Waals surface area contributed by atoms with Crippen LogP contribution < -0.4 is 15.4 Å². The van der Waals surface area contributed by atoms with Gasteiger partial charge < -0.3 is 19.4 Å². The van der Waals surface area contributed by atoms with E-state index >= 15 is 0 Å². The number of imide groups is 1. The number of rotatable bonds is 6. The zero-order valence-electron chi connectivity index (χ0n) is 19.3. The zero-order chi connectivity index (χ0) is 23.7. The largest absolute Gasteiger partial charge is 0.492 e. The number of nitrogens with one attached hydrogen (secondary N) is 2. The number of carbonyl (C=O) groups is 3. The van der Waals surface area contributed by atoms with E-state index in [9.17, 15) is 14.4 Å². The Bertz CT molecular complexity index is 1240. The number of ether oxygens (including phenoxy) is 1. The first-order chi connectivity index (χ1) is 16.5. The maximum absolute atomic E-state index is 12.4. The van der Waals surface area contributed by atoms with Gasteiger partial charge in [-0.2, -0.15) is 0 Å². The quantitative estimate of drug-likeness (QED) is 0.430. The molecule has 5 rings (SSSR count). The predicted octanol–water partition coefficient (Wildman–Crippen LogP) is 3.09. The summed E-state index contributed by atoms with van der Waals surface area (Å²) >= 11 is 0. The van der Waals surface area contributed by atoms with E-state index in [1.165, 1.54) is 0 Å².